The summed E-state index contributed by atoms with van der Waals surface area (Å²) in [4.78, 5) is 24.3. The van der Waals surface area contributed by atoms with Crippen molar-refractivity contribution >= 4 is 33.4 Å². The fourth-order valence-corrected chi connectivity index (χ4v) is 4.94. The number of hydrogen-bond donors (Lipinski definition) is 2. The molecule has 1 aliphatic heterocycles. The van der Waals surface area contributed by atoms with E-state index in [1.807, 2.05) is 0 Å². The van der Waals surface area contributed by atoms with Gasteiger partial charge in [0.05, 0.1) is 32.3 Å². The van der Waals surface area contributed by atoms with Gasteiger partial charge in [0.15, 0.2) is 11.5 Å². The number of carbonyl (C=O) groups excluding carboxylic acids is 2. The second-order valence-corrected chi connectivity index (χ2v) is 9.24. The summed E-state index contributed by atoms with van der Waals surface area (Å²) in [6, 6.07) is 11.2. The third-order valence-corrected chi connectivity index (χ3v) is 7.20. The number of hydrogen-bond acceptors (Lipinski definition) is 7. The Bertz CT molecular complexity index is 1130. The van der Waals surface area contributed by atoms with Gasteiger partial charge in [0.25, 0.3) is 0 Å². The summed E-state index contributed by atoms with van der Waals surface area (Å²) in [5.41, 5.74) is 0.659. The van der Waals surface area contributed by atoms with Crippen LogP contribution in [0.1, 0.15) is 5.56 Å². The first-order chi connectivity index (χ1) is 15.8. The molecule has 0 aromatic heterocycles. The van der Waals surface area contributed by atoms with Crippen molar-refractivity contribution in [2.75, 3.05) is 33.9 Å². The Balaban J connectivity index is 1.61. The lowest BCUT2D eigenvalue weighted by molar-refractivity contribution is -0.139. The summed E-state index contributed by atoms with van der Waals surface area (Å²) < 4.78 is 43.2. The topological polar surface area (TPSA) is 123 Å². The highest BCUT2D eigenvalue weighted by Crippen LogP contribution is 2.31. The monoisotopic (exact) mass is 497 g/mol. The maximum Gasteiger partial charge on any atom is 0.309 e. The molecule has 2 aromatic carbocycles. The predicted octanol–water partition coefficient (Wildman–Crippen LogP) is 1.14. The van der Waals surface area contributed by atoms with Crippen LogP contribution in [0.15, 0.2) is 47.4 Å². The van der Waals surface area contributed by atoms with Crippen LogP contribution in [-0.2, 0) is 30.9 Å². The zero-order valence-electron chi connectivity index (χ0n) is 18.0. The largest absolute Gasteiger partial charge is 0.493 e. The number of rotatable bonds is 8. The molecule has 1 heterocycles. The molecule has 2 aromatic rings. The Kier molecular flexibility index (Phi) is 8.14. The average Bonchev–Trinajstić information content (AvgIpc) is 3.31. The Labute approximate surface area is 196 Å². The molecule has 2 amide bonds. The highest BCUT2D eigenvalue weighted by molar-refractivity contribution is 7.89. The number of halogens is 1. The molecule has 1 aliphatic rings. The highest BCUT2D eigenvalue weighted by Gasteiger charge is 2.37. The van der Waals surface area contributed by atoms with Gasteiger partial charge in [-0.2, -0.15) is 4.31 Å². The van der Waals surface area contributed by atoms with Crippen LogP contribution in [0.3, 0.4) is 0 Å². The maximum absolute atomic E-state index is 13.1. The lowest BCUT2D eigenvalue weighted by Gasteiger charge is -2.23. The Morgan fingerprint density at radius 2 is 1.79 bits per heavy atom. The normalized spacial score (nSPS) is 16.3. The second kappa shape index (κ2) is 10.8. The number of carbonyl (C=O) groups is 2. The summed E-state index contributed by atoms with van der Waals surface area (Å²) >= 11 is 6.03. The number of ether oxygens (including phenoxy) is 3. The van der Waals surface area contributed by atoms with Crippen LogP contribution in [-0.4, -0.2) is 64.7 Å². The van der Waals surface area contributed by atoms with Crippen molar-refractivity contribution in [3.63, 3.8) is 0 Å². The van der Waals surface area contributed by atoms with E-state index in [2.05, 4.69) is 10.6 Å². The zero-order valence-corrected chi connectivity index (χ0v) is 19.6. The third-order valence-electron chi connectivity index (χ3n) is 4.95. The number of methoxy groups -OCH3 is 2. The summed E-state index contributed by atoms with van der Waals surface area (Å²) in [5, 5.41) is 5.35. The summed E-state index contributed by atoms with van der Waals surface area (Å²) in [7, 11) is -1.11. The molecule has 3 rings (SSSR count). The van der Waals surface area contributed by atoms with E-state index in [9.17, 15) is 18.0 Å². The minimum absolute atomic E-state index is 0.0144. The van der Waals surface area contributed by atoms with Gasteiger partial charge in [-0.3, -0.25) is 9.59 Å². The summed E-state index contributed by atoms with van der Waals surface area (Å²) in [6.07, 6.45) is -0.969. The van der Waals surface area contributed by atoms with Crippen LogP contribution >= 0.6 is 11.6 Å². The number of nitrogens with zero attached hydrogens (tertiary/aromatic N) is 1. The molecule has 2 N–H and O–H groups in total. The van der Waals surface area contributed by atoms with Gasteiger partial charge >= 0.3 is 11.8 Å². The van der Waals surface area contributed by atoms with Crippen LogP contribution < -0.4 is 20.1 Å². The molecule has 12 heteroatoms. The highest BCUT2D eigenvalue weighted by atomic mass is 35.5. The minimum atomic E-state index is -3.96. The SMILES string of the molecule is COc1ccc(S(=O)(=O)N2CCOC2CNC(=O)C(=O)NCc2ccccc2Cl)cc1OC. The van der Waals surface area contributed by atoms with Crippen LogP contribution in [0.5, 0.6) is 11.5 Å². The molecule has 0 bridgehead atoms. The molecule has 178 valence electrons. The smallest absolute Gasteiger partial charge is 0.309 e. The first-order valence-corrected chi connectivity index (χ1v) is 11.7. The summed E-state index contributed by atoms with van der Waals surface area (Å²) in [5.74, 6) is -1.14. The molecule has 0 spiro atoms. The van der Waals surface area contributed by atoms with Crippen LogP contribution in [0, 0.1) is 0 Å². The van der Waals surface area contributed by atoms with Gasteiger partial charge in [0.2, 0.25) is 10.0 Å². The van der Waals surface area contributed by atoms with Crippen molar-refractivity contribution in [3.8, 4) is 11.5 Å². The number of benzene rings is 2. The van der Waals surface area contributed by atoms with E-state index in [4.69, 9.17) is 25.8 Å². The van der Waals surface area contributed by atoms with Gasteiger partial charge in [-0.1, -0.05) is 29.8 Å². The Morgan fingerprint density at radius 3 is 2.48 bits per heavy atom. The van der Waals surface area contributed by atoms with Crippen LogP contribution in [0.25, 0.3) is 0 Å². The van der Waals surface area contributed by atoms with E-state index < -0.39 is 28.1 Å². The van der Waals surface area contributed by atoms with Gasteiger partial charge < -0.3 is 24.8 Å². The lowest BCUT2D eigenvalue weighted by Crippen LogP contribution is -2.47. The van der Waals surface area contributed by atoms with Gasteiger partial charge in [-0.15, -0.1) is 0 Å². The first-order valence-electron chi connectivity index (χ1n) is 9.93. The van der Waals surface area contributed by atoms with Crippen molar-refractivity contribution in [2.24, 2.45) is 0 Å². The first kappa shape index (κ1) is 24.8. The van der Waals surface area contributed by atoms with Gasteiger partial charge in [0, 0.05) is 24.2 Å². The lowest BCUT2D eigenvalue weighted by atomic mass is 10.2. The molecule has 10 nitrogen and oxygen atoms in total. The van der Waals surface area contributed by atoms with Crippen molar-refractivity contribution in [2.45, 2.75) is 17.7 Å². The van der Waals surface area contributed by atoms with Gasteiger partial charge in [0.1, 0.15) is 6.23 Å². The molecule has 0 aliphatic carbocycles. The molecular formula is C21H24ClN3O7S. The van der Waals surface area contributed by atoms with E-state index in [0.29, 0.717) is 16.3 Å². The van der Waals surface area contributed by atoms with E-state index in [0.717, 1.165) is 4.31 Å². The van der Waals surface area contributed by atoms with Crippen molar-refractivity contribution in [1.82, 2.24) is 14.9 Å². The predicted molar refractivity (Wildman–Crippen MR) is 119 cm³/mol. The fourth-order valence-electron chi connectivity index (χ4n) is 3.21. The standard InChI is InChI=1S/C21H24ClN3O7S/c1-30-17-8-7-15(11-18(17)31-2)33(28,29)25-9-10-32-19(25)13-24-21(27)20(26)23-12-14-5-3-4-6-16(14)22/h3-8,11,19H,9-10,12-13H2,1-2H3,(H,23,26)(H,24,27). The minimum Gasteiger partial charge on any atom is -0.493 e. The van der Waals surface area contributed by atoms with Crippen molar-refractivity contribution in [1.29, 1.82) is 0 Å². The quantitative estimate of drug-likeness (QED) is 0.524. The second-order valence-electron chi connectivity index (χ2n) is 6.94. The molecule has 1 atom stereocenters. The summed E-state index contributed by atoms with van der Waals surface area (Å²) in [6.45, 7) is 0.109. The molecule has 0 radical (unpaired) electrons. The van der Waals surface area contributed by atoms with E-state index in [1.54, 1.807) is 24.3 Å². The number of nitrogens with one attached hydrogen (secondary N) is 2. The van der Waals surface area contributed by atoms with Crippen molar-refractivity contribution < 1.29 is 32.2 Å². The number of amides is 2. The zero-order chi connectivity index (χ0) is 24.0. The molecule has 1 saturated heterocycles. The third kappa shape index (κ3) is 5.74. The molecule has 0 saturated carbocycles. The molecule has 1 unspecified atom stereocenters. The molecule has 1 fully saturated rings. The molecule has 33 heavy (non-hydrogen) atoms. The van der Waals surface area contributed by atoms with E-state index in [1.165, 1.54) is 32.4 Å². The maximum atomic E-state index is 13.1. The fraction of sp³-hybridized carbons (Fsp3) is 0.333. The van der Waals surface area contributed by atoms with Crippen LogP contribution in [0.2, 0.25) is 5.02 Å². The Morgan fingerprint density at radius 1 is 1.09 bits per heavy atom. The van der Waals surface area contributed by atoms with Gasteiger partial charge in [-0.25, -0.2) is 8.42 Å². The Hall–Kier alpha value is -2.86. The van der Waals surface area contributed by atoms with E-state index in [-0.39, 0.29) is 36.9 Å². The molecular weight excluding hydrogens is 474 g/mol. The number of sulfonamides is 1. The van der Waals surface area contributed by atoms with Gasteiger partial charge in [-0.05, 0) is 23.8 Å². The average molecular weight is 498 g/mol. The van der Waals surface area contributed by atoms with Crippen LogP contribution in [0.4, 0.5) is 0 Å². The van der Waals surface area contributed by atoms with Crippen molar-refractivity contribution in [3.05, 3.63) is 53.1 Å². The van der Waals surface area contributed by atoms with E-state index >= 15 is 0 Å².